The Labute approximate surface area is 140 Å². The average Bonchev–Trinajstić information content (AvgIpc) is 2.52. The average molecular weight is 326 g/mol. The minimum absolute atomic E-state index is 0. The van der Waals surface area contributed by atoms with Crippen molar-refractivity contribution in [2.24, 2.45) is 0 Å². The lowest BCUT2D eigenvalue weighted by Gasteiger charge is -2.03. The molecule has 0 bridgehead atoms. The Bertz CT molecular complexity index is 882. The lowest BCUT2D eigenvalue weighted by atomic mass is 10.0. The second-order valence-corrected chi connectivity index (χ2v) is 5.17. The topological polar surface area (TPSA) is 50.2 Å². The first-order valence-corrected chi connectivity index (χ1v) is 7.00. The van der Waals surface area contributed by atoms with E-state index < -0.39 is 0 Å². The standard InChI is InChI=1S/C19H15NO2.ClH/c1-13-6-8-17(19(22)10-13)18(21)9-7-15-12-20-11-14-4-2-3-5-16(14)15;/h2-12,22H,1H3;1H/b9-7+;. The first-order valence-electron chi connectivity index (χ1n) is 7.00. The zero-order valence-electron chi connectivity index (χ0n) is 12.6. The van der Waals surface area contributed by atoms with Crippen LogP contribution in [-0.4, -0.2) is 15.9 Å². The molecule has 1 heterocycles. The number of pyridine rings is 1. The van der Waals surface area contributed by atoms with Crippen molar-refractivity contribution in [1.82, 2.24) is 4.98 Å². The van der Waals surface area contributed by atoms with E-state index in [1.807, 2.05) is 31.2 Å². The number of aromatic hydroxyl groups is 1. The maximum absolute atomic E-state index is 12.2. The van der Waals surface area contributed by atoms with E-state index in [-0.39, 0.29) is 23.9 Å². The van der Waals surface area contributed by atoms with Crippen LogP contribution in [-0.2, 0) is 0 Å². The molecule has 0 saturated heterocycles. The summed E-state index contributed by atoms with van der Waals surface area (Å²) in [6, 6.07) is 12.9. The number of ketones is 1. The van der Waals surface area contributed by atoms with Crippen LogP contribution in [0.25, 0.3) is 16.8 Å². The molecule has 0 unspecified atom stereocenters. The van der Waals surface area contributed by atoms with Crippen molar-refractivity contribution in [3.63, 3.8) is 0 Å². The second kappa shape index (κ2) is 7.07. The van der Waals surface area contributed by atoms with E-state index in [2.05, 4.69) is 4.98 Å². The summed E-state index contributed by atoms with van der Waals surface area (Å²) in [5, 5.41) is 11.9. The van der Waals surface area contributed by atoms with Crippen LogP contribution < -0.4 is 0 Å². The molecule has 0 spiro atoms. The van der Waals surface area contributed by atoms with Crippen LogP contribution in [0.3, 0.4) is 0 Å². The lowest BCUT2D eigenvalue weighted by molar-refractivity contribution is 0.104. The highest BCUT2D eigenvalue weighted by Crippen LogP contribution is 2.21. The molecule has 23 heavy (non-hydrogen) atoms. The molecular formula is C19H16ClNO2. The molecule has 2 aromatic carbocycles. The van der Waals surface area contributed by atoms with Crippen LogP contribution in [0.4, 0.5) is 0 Å². The minimum Gasteiger partial charge on any atom is -0.507 e. The van der Waals surface area contributed by atoms with Crippen molar-refractivity contribution in [2.75, 3.05) is 0 Å². The Morgan fingerprint density at radius 3 is 2.70 bits per heavy atom. The number of fused-ring (bicyclic) bond motifs is 1. The summed E-state index contributed by atoms with van der Waals surface area (Å²) >= 11 is 0. The highest BCUT2D eigenvalue weighted by molar-refractivity contribution is 6.09. The van der Waals surface area contributed by atoms with Gasteiger partial charge >= 0.3 is 0 Å². The largest absolute Gasteiger partial charge is 0.507 e. The smallest absolute Gasteiger partial charge is 0.189 e. The highest BCUT2D eigenvalue weighted by Gasteiger charge is 2.08. The van der Waals surface area contributed by atoms with Crippen LogP contribution >= 0.6 is 12.4 Å². The second-order valence-electron chi connectivity index (χ2n) is 5.17. The Morgan fingerprint density at radius 1 is 1.13 bits per heavy atom. The van der Waals surface area contributed by atoms with Crippen molar-refractivity contribution in [1.29, 1.82) is 0 Å². The van der Waals surface area contributed by atoms with Crippen LogP contribution in [0.2, 0.25) is 0 Å². The fourth-order valence-electron chi connectivity index (χ4n) is 2.38. The third-order valence-corrected chi connectivity index (χ3v) is 3.53. The van der Waals surface area contributed by atoms with Crippen molar-refractivity contribution in [2.45, 2.75) is 6.92 Å². The molecule has 0 fully saturated rings. The number of aryl methyl sites for hydroxylation is 1. The van der Waals surface area contributed by atoms with E-state index in [9.17, 15) is 9.90 Å². The number of rotatable bonds is 3. The lowest BCUT2D eigenvalue weighted by Crippen LogP contribution is -1.95. The molecule has 0 atom stereocenters. The molecule has 1 aromatic heterocycles. The normalized spacial score (nSPS) is 10.7. The molecule has 0 radical (unpaired) electrons. The number of phenols is 1. The molecule has 3 aromatic rings. The molecule has 0 amide bonds. The number of benzene rings is 2. The van der Waals surface area contributed by atoms with E-state index >= 15 is 0 Å². The number of phenolic OH excluding ortho intramolecular Hbond substituents is 1. The van der Waals surface area contributed by atoms with Crippen LogP contribution in [0, 0.1) is 6.92 Å². The molecule has 0 saturated carbocycles. The Morgan fingerprint density at radius 2 is 1.91 bits per heavy atom. The van der Waals surface area contributed by atoms with Gasteiger partial charge in [0.05, 0.1) is 5.56 Å². The fourth-order valence-corrected chi connectivity index (χ4v) is 2.38. The van der Waals surface area contributed by atoms with Gasteiger partial charge in [-0.3, -0.25) is 9.78 Å². The van der Waals surface area contributed by atoms with E-state index in [1.165, 1.54) is 6.08 Å². The monoisotopic (exact) mass is 325 g/mol. The molecule has 0 aliphatic heterocycles. The van der Waals surface area contributed by atoms with Crippen LogP contribution in [0.15, 0.2) is 60.9 Å². The summed E-state index contributed by atoms with van der Waals surface area (Å²) in [6.45, 7) is 1.87. The number of halogens is 1. The van der Waals surface area contributed by atoms with Gasteiger partial charge in [-0.15, -0.1) is 12.4 Å². The Hall–Kier alpha value is -2.65. The molecule has 116 valence electrons. The van der Waals surface area contributed by atoms with Gasteiger partial charge in [-0.05, 0) is 42.2 Å². The Kier molecular flexibility index (Phi) is 5.14. The number of hydrogen-bond donors (Lipinski definition) is 1. The quantitative estimate of drug-likeness (QED) is 0.567. The predicted molar refractivity (Wildman–Crippen MR) is 95.2 cm³/mol. The van der Waals surface area contributed by atoms with Crippen molar-refractivity contribution in [3.8, 4) is 5.75 Å². The SMILES string of the molecule is Cc1ccc(C(=O)/C=C/c2cncc3ccccc23)c(O)c1.Cl. The van der Waals surface area contributed by atoms with Gasteiger partial charge in [-0.25, -0.2) is 0 Å². The van der Waals surface area contributed by atoms with Gasteiger partial charge in [0.1, 0.15) is 5.75 Å². The van der Waals surface area contributed by atoms with Gasteiger partial charge < -0.3 is 5.11 Å². The molecule has 0 aliphatic carbocycles. The summed E-state index contributed by atoms with van der Waals surface area (Å²) < 4.78 is 0. The molecular weight excluding hydrogens is 310 g/mol. The van der Waals surface area contributed by atoms with Crippen LogP contribution in [0.1, 0.15) is 21.5 Å². The first-order chi connectivity index (χ1) is 10.6. The van der Waals surface area contributed by atoms with Gasteiger partial charge in [0.15, 0.2) is 5.78 Å². The maximum Gasteiger partial charge on any atom is 0.189 e. The predicted octanol–water partition coefficient (Wildman–Crippen LogP) is 4.57. The number of carbonyl (C=O) groups is 1. The van der Waals surface area contributed by atoms with Crippen molar-refractivity contribution in [3.05, 3.63) is 77.6 Å². The maximum atomic E-state index is 12.2. The summed E-state index contributed by atoms with van der Waals surface area (Å²) in [5.74, 6) is -0.226. The summed E-state index contributed by atoms with van der Waals surface area (Å²) in [4.78, 5) is 16.4. The number of aromatic nitrogens is 1. The van der Waals surface area contributed by atoms with E-state index in [0.717, 1.165) is 21.9 Å². The third-order valence-electron chi connectivity index (χ3n) is 3.53. The molecule has 3 nitrogen and oxygen atoms in total. The van der Waals surface area contributed by atoms with Crippen LogP contribution in [0.5, 0.6) is 5.75 Å². The zero-order chi connectivity index (χ0) is 15.5. The van der Waals surface area contributed by atoms with Gasteiger partial charge in [-0.2, -0.15) is 0 Å². The van der Waals surface area contributed by atoms with Gasteiger partial charge in [0.2, 0.25) is 0 Å². The van der Waals surface area contributed by atoms with Gasteiger partial charge in [-0.1, -0.05) is 30.3 Å². The van der Waals surface area contributed by atoms with Gasteiger partial charge in [0.25, 0.3) is 0 Å². The first kappa shape index (κ1) is 16.7. The molecule has 4 heteroatoms. The highest BCUT2D eigenvalue weighted by atomic mass is 35.5. The van der Waals surface area contributed by atoms with Crippen molar-refractivity contribution >= 4 is 35.0 Å². The molecule has 3 rings (SSSR count). The summed E-state index contributed by atoms with van der Waals surface area (Å²) in [7, 11) is 0. The minimum atomic E-state index is -0.231. The Balaban J connectivity index is 0.00000192. The van der Waals surface area contributed by atoms with E-state index in [1.54, 1.807) is 36.7 Å². The summed E-state index contributed by atoms with van der Waals surface area (Å²) in [5.41, 5.74) is 2.09. The fraction of sp³-hybridized carbons (Fsp3) is 0.0526. The molecule has 0 aliphatic rings. The summed E-state index contributed by atoms with van der Waals surface area (Å²) in [6.07, 6.45) is 6.71. The van der Waals surface area contributed by atoms with Gasteiger partial charge in [0, 0.05) is 23.3 Å². The zero-order valence-corrected chi connectivity index (χ0v) is 13.4. The van der Waals surface area contributed by atoms with E-state index in [0.29, 0.717) is 5.56 Å². The van der Waals surface area contributed by atoms with E-state index in [4.69, 9.17) is 0 Å². The third kappa shape index (κ3) is 3.58. The van der Waals surface area contributed by atoms with Crippen molar-refractivity contribution < 1.29 is 9.90 Å². The number of hydrogen-bond acceptors (Lipinski definition) is 3. The molecule has 1 N–H and O–H groups in total. The number of allylic oxidation sites excluding steroid dienone is 1. The number of nitrogens with zero attached hydrogens (tertiary/aromatic N) is 1. The number of carbonyl (C=O) groups excluding carboxylic acids is 1.